The van der Waals surface area contributed by atoms with Crippen LogP contribution in [-0.4, -0.2) is 53.3 Å². The van der Waals surface area contributed by atoms with Gasteiger partial charge in [-0.1, -0.05) is 23.5 Å². The Morgan fingerprint density at radius 3 is 2.57 bits per heavy atom. The number of carboxylic acids is 1. The van der Waals surface area contributed by atoms with Crippen LogP contribution in [0.3, 0.4) is 0 Å². The highest BCUT2D eigenvalue weighted by Crippen LogP contribution is 2.30. The maximum absolute atomic E-state index is 12.3. The number of aromatic amines is 1. The molecule has 2 aromatic carbocycles. The molecule has 3 aromatic heterocycles. The Bertz CT molecular complexity index is 1560. The summed E-state index contributed by atoms with van der Waals surface area (Å²) in [6, 6.07) is 13.4. The number of carbonyl (C=O) groups is 2. The number of anilines is 3. The zero-order chi connectivity index (χ0) is 26.6. The first kappa shape index (κ1) is 25.3. The Morgan fingerprint density at radius 1 is 1.08 bits per heavy atom. The van der Waals surface area contributed by atoms with E-state index in [1.165, 1.54) is 17.5 Å². The van der Waals surface area contributed by atoms with Crippen molar-refractivity contribution in [2.75, 3.05) is 10.6 Å². The molecule has 0 saturated carbocycles. The Morgan fingerprint density at radius 2 is 1.86 bits per heavy atom. The Balaban J connectivity index is 0.000000405. The van der Waals surface area contributed by atoms with Crippen LogP contribution in [-0.2, 0) is 11.8 Å². The number of nitrogens with one attached hydrogen (secondary N) is 3. The highest BCUT2D eigenvalue weighted by atomic mass is 32.1. The van der Waals surface area contributed by atoms with Crippen molar-refractivity contribution in [3.63, 3.8) is 0 Å². The first-order valence-electron chi connectivity index (χ1n) is 10.3. The predicted octanol–water partition coefficient (Wildman–Crippen LogP) is 4.44. The summed E-state index contributed by atoms with van der Waals surface area (Å²) in [7, 11) is 1.77. The van der Waals surface area contributed by atoms with Crippen LogP contribution in [0.4, 0.5) is 29.7 Å². The van der Waals surface area contributed by atoms with E-state index < -0.39 is 12.1 Å². The summed E-state index contributed by atoms with van der Waals surface area (Å²) in [4.78, 5) is 21.2. The third-order valence-electron chi connectivity index (χ3n) is 4.69. The molecule has 0 bridgehead atoms. The van der Waals surface area contributed by atoms with Crippen molar-refractivity contribution in [3.05, 3.63) is 66.6 Å². The number of fused-ring (bicyclic) bond motifs is 1. The monoisotopic (exact) mass is 530 g/mol. The number of H-pyrrole nitrogens is 1. The standard InChI is InChI=1S/C20H16N8OS.C2HF3O2/c1-28-11-14(10-22-28)18(29)23-15-4-2-3-12(7-15)19-26-27-20(30-19)24-16-5-6-17-13(8-16)9-21-25-17;3-2(4,5)1(6)7/h2-11H,1H3,(H,21,25)(H,23,29)(H,24,27);(H,6,7). The molecule has 5 rings (SSSR count). The minimum atomic E-state index is -5.08. The van der Waals surface area contributed by atoms with Gasteiger partial charge < -0.3 is 15.7 Å². The lowest BCUT2D eigenvalue weighted by Crippen LogP contribution is -2.21. The second kappa shape index (κ2) is 10.4. The molecular formula is C22H17F3N8O3S. The van der Waals surface area contributed by atoms with Crippen LogP contribution >= 0.6 is 11.3 Å². The molecule has 0 unspecified atom stereocenters. The second-order valence-corrected chi connectivity index (χ2v) is 8.43. The third-order valence-corrected chi connectivity index (χ3v) is 5.58. The average Bonchev–Trinajstić information content (AvgIpc) is 3.60. The molecule has 15 heteroatoms. The number of rotatable bonds is 5. The molecule has 0 atom stereocenters. The fraction of sp³-hybridized carbons (Fsp3) is 0.0909. The van der Waals surface area contributed by atoms with Gasteiger partial charge in [0.2, 0.25) is 5.13 Å². The van der Waals surface area contributed by atoms with Gasteiger partial charge in [-0.3, -0.25) is 14.6 Å². The number of hydrogen-bond acceptors (Lipinski definition) is 8. The van der Waals surface area contributed by atoms with Gasteiger partial charge in [0.15, 0.2) is 0 Å². The third kappa shape index (κ3) is 6.46. The molecule has 3 heterocycles. The van der Waals surface area contributed by atoms with Crippen LogP contribution in [0.25, 0.3) is 21.5 Å². The van der Waals surface area contributed by atoms with Gasteiger partial charge in [-0.25, -0.2) is 4.79 Å². The van der Waals surface area contributed by atoms with Gasteiger partial charge in [-0.15, -0.1) is 10.2 Å². The topological polar surface area (TPSA) is 151 Å². The summed E-state index contributed by atoms with van der Waals surface area (Å²) < 4.78 is 33.3. The van der Waals surface area contributed by atoms with E-state index in [-0.39, 0.29) is 5.91 Å². The van der Waals surface area contributed by atoms with E-state index in [0.717, 1.165) is 27.2 Å². The largest absolute Gasteiger partial charge is 0.490 e. The number of aromatic nitrogens is 6. The van der Waals surface area contributed by atoms with Gasteiger partial charge in [-0.05, 0) is 30.3 Å². The summed E-state index contributed by atoms with van der Waals surface area (Å²) in [5.41, 5.74) is 3.93. The van der Waals surface area contributed by atoms with Crippen LogP contribution < -0.4 is 10.6 Å². The van der Waals surface area contributed by atoms with Crippen molar-refractivity contribution in [2.24, 2.45) is 7.05 Å². The quantitative estimate of drug-likeness (QED) is 0.260. The summed E-state index contributed by atoms with van der Waals surface area (Å²) in [5.74, 6) is -2.97. The van der Waals surface area contributed by atoms with Gasteiger partial charge in [0, 0.05) is 35.6 Å². The number of amides is 1. The molecule has 0 aliphatic rings. The fourth-order valence-corrected chi connectivity index (χ4v) is 3.77. The molecule has 0 saturated heterocycles. The van der Waals surface area contributed by atoms with E-state index in [1.807, 2.05) is 42.5 Å². The van der Waals surface area contributed by atoms with Gasteiger partial charge in [-0.2, -0.15) is 23.4 Å². The number of nitrogens with zero attached hydrogens (tertiary/aromatic N) is 5. The zero-order valence-electron chi connectivity index (χ0n) is 18.8. The van der Waals surface area contributed by atoms with Gasteiger partial charge >= 0.3 is 12.1 Å². The van der Waals surface area contributed by atoms with Crippen molar-refractivity contribution in [1.29, 1.82) is 0 Å². The lowest BCUT2D eigenvalue weighted by Gasteiger charge is -2.05. The number of aryl methyl sites for hydroxylation is 1. The number of alkyl halides is 3. The van der Waals surface area contributed by atoms with Crippen molar-refractivity contribution in [3.8, 4) is 10.6 Å². The minimum absolute atomic E-state index is 0.213. The van der Waals surface area contributed by atoms with Crippen LogP contribution in [0.2, 0.25) is 0 Å². The van der Waals surface area contributed by atoms with Crippen LogP contribution in [0, 0.1) is 0 Å². The van der Waals surface area contributed by atoms with Crippen molar-refractivity contribution < 1.29 is 27.9 Å². The summed E-state index contributed by atoms with van der Waals surface area (Å²) in [5, 5.41) is 35.2. The van der Waals surface area contributed by atoms with E-state index in [1.54, 1.807) is 24.1 Å². The second-order valence-electron chi connectivity index (χ2n) is 7.45. The minimum Gasteiger partial charge on any atom is -0.475 e. The zero-order valence-corrected chi connectivity index (χ0v) is 19.6. The Hall–Kier alpha value is -4.79. The Kier molecular flexibility index (Phi) is 7.15. The van der Waals surface area contributed by atoms with E-state index in [2.05, 4.69) is 36.1 Å². The van der Waals surface area contributed by atoms with Gasteiger partial charge in [0.05, 0.1) is 23.5 Å². The molecule has 0 aliphatic carbocycles. The summed E-state index contributed by atoms with van der Waals surface area (Å²) >= 11 is 1.43. The van der Waals surface area contributed by atoms with E-state index in [4.69, 9.17) is 9.90 Å². The normalized spacial score (nSPS) is 11.0. The highest BCUT2D eigenvalue weighted by Gasteiger charge is 2.38. The van der Waals surface area contributed by atoms with Gasteiger partial charge in [0.25, 0.3) is 5.91 Å². The fourth-order valence-electron chi connectivity index (χ4n) is 3.01. The number of halogens is 3. The maximum atomic E-state index is 12.3. The van der Waals surface area contributed by atoms with Crippen LogP contribution in [0.1, 0.15) is 10.4 Å². The molecule has 0 spiro atoms. The van der Waals surface area contributed by atoms with E-state index in [9.17, 15) is 18.0 Å². The number of carbonyl (C=O) groups excluding carboxylic acids is 1. The van der Waals surface area contributed by atoms with Crippen molar-refractivity contribution in [2.45, 2.75) is 6.18 Å². The smallest absolute Gasteiger partial charge is 0.475 e. The number of benzene rings is 2. The van der Waals surface area contributed by atoms with Gasteiger partial charge in [0.1, 0.15) is 5.01 Å². The number of hydrogen-bond donors (Lipinski definition) is 4. The molecule has 5 aromatic rings. The van der Waals surface area contributed by atoms with E-state index in [0.29, 0.717) is 16.4 Å². The maximum Gasteiger partial charge on any atom is 0.490 e. The van der Waals surface area contributed by atoms with Crippen molar-refractivity contribution in [1.82, 2.24) is 30.2 Å². The molecular weight excluding hydrogens is 513 g/mol. The number of carboxylic acid groups (broad SMARTS) is 1. The predicted molar refractivity (Wildman–Crippen MR) is 130 cm³/mol. The Labute approximate surface area is 210 Å². The summed E-state index contributed by atoms with van der Waals surface area (Å²) in [6.07, 6.45) is -0.108. The SMILES string of the molecule is Cn1cc(C(=O)Nc2cccc(-c3nnc(Nc4ccc5[nH]ncc5c4)s3)c2)cn1.O=C(O)C(F)(F)F. The molecule has 1 amide bonds. The molecule has 0 aliphatic heterocycles. The van der Waals surface area contributed by atoms with Crippen LogP contribution in [0.5, 0.6) is 0 Å². The highest BCUT2D eigenvalue weighted by molar-refractivity contribution is 7.18. The number of aliphatic carboxylic acids is 1. The van der Waals surface area contributed by atoms with Crippen LogP contribution in [0.15, 0.2) is 61.1 Å². The first-order chi connectivity index (χ1) is 17.6. The molecule has 0 radical (unpaired) electrons. The molecule has 4 N–H and O–H groups in total. The first-order valence-corrected chi connectivity index (χ1v) is 11.1. The van der Waals surface area contributed by atoms with E-state index >= 15 is 0 Å². The lowest BCUT2D eigenvalue weighted by molar-refractivity contribution is -0.192. The van der Waals surface area contributed by atoms with Crippen molar-refractivity contribution >= 4 is 50.6 Å². The molecule has 190 valence electrons. The average molecular weight is 530 g/mol. The summed E-state index contributed by atoms with van der Waals surface area (Å²) in [6.45, 7) is 0. The molecule has 11 nitrogen and oxygen atoms in total. The lowest BCUT2D eigenvalue weighted by atomic mass is 10.2. The molecule has 0 fully saturated rings. The molecule has 37 heavy (non-hydrogen) atoms.